The molecule has 0 aromatic heterocycles. The molecule has 3 N–H and O–H groups in total. The van der Waals surface area contributed by atoms with Crippen LogP contribution in [0.4, 0.5) is 10.1 Å². The Morgan fingerprint density at radius 1 is 1.11 bits per heavy atom. The largest absolute Gasteiger partial charge is 0.351 e. The number of hydrogen-bond acceptors (Lipinski definition) is 4. The number of anilines is 1. The second-order valence-corrected chi connectivity index (χ2v) is 7.35. The van der Waals surface area contributed by atoms with Crippen LogP contribution in [0.1, 0.15) is 22.8 Å². The standard InChI is InChI=1S/C18H22FN3O3S.ClH/c1-3-20-10-11-21-18(23)15-12-14(9-8-13(15)2)26(24,25)22-17-7-5-4-6-16(17)19;/h4-9,12,20,22H,3,10-11H2,1-2H3,(H,21,23);1H. The Morgan fingerprint density at radius 2 is 1.81 bits per heavy atom. The molecule has 6 nitrogen and oxygen atoms in total. The van der Waals surface area contributed by atoms with Crippen molar-refractivity contribution in [1.29, 1.82) is 0 Å². The van der Waals surface area contributed by atoms with Crippen molar-refractivity contribution >= 4 is 34.0 Å². The number of sulfonamides is 1. The van der Waals surface area contributed by atoms with Crippen LogP contribution in [0.2, 0.25) is 0 Å². The third kappa shape index (κ3) is 6.20. The summed E-state index contributed by atoms with van der Waals surface area (Å²) in [6.45, 7) is 5.53. The maximum atomic E-state index is 13.7. The third-order valence-corrected chi connectivity index (χ3v) is 5.08. The van der Waals surface area contributed by atoms with Gasteiger partial charge in [0.05, 0.1) is 10.6 Å². The van der Waals surface area contributed by atoms with E-state index in [-0.39, 0.29) is 34.5 Å². The van der Waals surface area contributed by atoms with Crippen molar-refractivity contribution in [2.45, 2.75) is 18.7 Å². The van der Waals surface area contributed by atoms with Crippen molar-refractivity contribution in [2.24, 2.45) is 0 Å². The van der Waals surface area contributed by atoms with Crippen LogP contribution >= 0.6 is 12.4 Å². The molecule has 148 valence electrons. The minimum Gasteiger partial charge on any atom is -0.351 e. The summed E-state index contributed by atoms with van der Waals surface area (Å²) in [4.78, 5) is 12.2. The Morgan fingerprint density at radius 3 is 2.48 bits per heavy atom. The molecule has 0 atom stereocenters. The van der Waals surface area contributed by atoms with Gasteiger partial charge in [0, 0.05) is 18.7 Å². The number of carbonyl (C=O) groups excluding carboxylic acids is 1. The second-order valence-electron chi connectivity index (χ2n) is 5.67. The van der Waals surface area contributed by atoms with E-state index in [0.717, 1.165) is 12.6 Å². The Labute approximate surface area is 165 Å². The number of carbonyl (C=O) groups is 1. The van der Waals surface area contributed by atoms with Gasteiger partial charge in [0.15, 0.2) is 0 Å². The lowest BCUT2D eigenvalue weighted by Gasteiger charge is -2.12. The Bertz CT molecular complexity index is 891. The molecule has 1 amide bonds. The van der Waals surface area contributed by atoms with Crippen LogP contribution in [0.15, 0.2) is 47.4 Å². The minimum absolute atomic E-state index is 0. The number of halogens is 2. The molecule has 0 heterocycles. The highest BCUT2D eigenvalue weighted by Gasteiger charge is 2.19. The lowest BCUT2D eigenvalue weighted by Crippen LogP contribution is -2.32. The molecule has 0 aliphatic heterocycles. The van der Waals surface area contributed by atoms with Gasteiger partial charge in [-0.2, -0.15) is 0 Å². The van der Waals surface area contributed by atoms with Gasteiger partial charge in [0.25, 0.3) is 15.9 Å². The average Bonchev–Trinajstić information content (AvgIpc) is 2.60. The van der Waals surface area contributed by atoms with Crippen LogP contribution in [0.25, 0.3) is 0 Å². The smallest absolute Gasteiger partial charge is 0.262 e. The number of para-hydroxylation sites is 1. The molecule has 0 aliphatic carbocycles. The number of rotatable bonds is 8. The Kier molecular flexibility index (Phi) is 8.68. The van der Waals surface area contributed by atoms with E-state index >= 15 is 0 Å². The summed E-state index contributed by atoms with van der Waals surface area (Å²) >= 11 is 0. The molecule has 0 spiro atoms. The Hall–Kier alpha value is -2.16. The normalized spacial score (nSPS) is 10.8. The topological polar surface area (TPSA) is 87.3 Å². The molecular formula is C18H23ClFN3O3S. The molecule has 0 unspecified atom stereocenters. The molecular weight excluding hydrogens is 393 g/mol. The fourth-order valence-electron chi connectivity index (χ4n) is 2.30. The van der Waals surface area contributed by atoms with Crippen molar-refractivity contribution in [2.75, 3.05) is 24.4 Å². The molecule has 0 radical (unpaired) electrons. The van der Waals surface area contributed by atoms with Crippen LogP contribution in [0.5, 0.6) is 0 Å². The quantitative estimate of drug-likeness (QED) is 0.578. The summed E-state index contributed by atoms with van der Waals surface area (Å²) in [6.07, 6.45) is 0. The molecule has 0 saturated heterocycles. The molecule has 0 bridgehead atoms. The molecule has 2 aromatic carbocycles. The SMILES string of the molecule is CCNCCNC(=O)c1cc(S(=O)(=O)Nc2ccccc2F)ccc1C.Cl. The van der Waals surface area contributed by atoms with E-state index in [2.05, 4.69) is 15.4 Å². The van der Waals surface area contributed by atoms with Crippen molar-refractivity contribution < 1.29 is 17.6 Å². The van der Waals surface area contributed by atoms with E-state index in [4.69, 9.17) is 0 Å². The first-order chi connectivity index (χ1) is 12.3. The van der Waals surface area contributed by atoms with E-state index in [1.165, 1.54) is 30.3 Å². The van der Waals surface area contributed by atoms with Crippen molar-refractivity contribution in [3.05, 3.63) is 59.4 Å². The summed E-state index contributed by atoms with van der Waals surface area (Å²) in [5.41, 5.74) is 0.762. The predicted octanol–water partition coefficient (Wildman–Crippen LogP) is 2.70. The third-order valence-electron chi connectivity index (χ3n) is 3.72. The van der Waals surface area contributed by atoms with E-state index in [1.54, 1.807) is 13.0 Å². The average molecular weight is 416 g/mol. The first kappa shape index (κ1) is 22.9. The van der Waals surface area contributed by atoms with Crippen LogP contribution in [-0.2, 0) is 10.0 Å². The van der Waals surface area contributed by atoms with E-state index in [0.29, 0.717) is 18.7 Å². The number of hydrogen-bond donors (Lipinski definition) is 3. The highest BCUT2D eigenvalue weighted by molar-refractivity contribution is 7.92. The van der Waals surface area contributed by atoms with Crippen molar-refractivity contribution in [3.63, 3.8) is 0 Å². The highest BCUT2D eigenvalue weighted by Crippen LogP contribution is 2.21. The van der Waals surface area contributed by atoms with Crippen molar-refractivity contribution in [3.8, 4) is 0 Å². The number of amides is 1. The maximum Gasteiger partial charge on any atom is 0.262 e. The number of benzene rings is 2. The molecule has 2 aromatic rings. The zero-order valence-corrected chi connectivity index (χ0v) is 16.7. The van der Waals surface area contributed by atoms with Gasteiger partial charge in [-0.1, -0.05) is 25.1 Å². The first-order valence-corrected chi connectivity index (χ1v) is 9.70. The lowest BCUT2D eigenvalue weighted by molar-refractivity contribution is 0.0953. The molecule has 2 rings (SSSR count). The number of likely N-dealkylation sites (N-methyl/N-ethyl adjacent to an activating group) is 1. The van der Waals surface area contributed by atoms with Gasteiger partial charge in [-0.3, -0.25) is 9.52 Å². The monoisotopic (exact) mass is 415 g/mol. The fourth-order valence-corrected chi connectivity index (χ4v) is 3.39. The van der Waals surface area contributed by atoms with Gasteiger partial charge in [-0.05, 0) is 43.3 Å². The van der Waals surface area contributed by atoms with Gasteiger partial charge < -0.3 is 10.6 Å². The molecule has 0 saturated carbocycles. The fraction of sp³-hybridized carbons (Fsp3) is 0.278. The zero-order chi connectivity index (χ0) is 19.2. The number of aryl methyl sites for hydroxylation is 1. The van der Waals surface area contributed by atoms with Crippen LogP contribution in [-0.4, -0.2) is 34.0 Å². The summed E-state index contributed by atoms with van der Waals surface area (Å²) in [7, 11) is -4.02. The lowest BCUT2D eigenvalue weighted by atomic mass is 10.1. The highest BCUT2D eigenvalue weighted by atomic mass is 35.5. The number of nitrogens with one attached hydrogen (secondary N) is 3. The van der Waals surface area contributed by atoms with Gasteiger partial charge in [0.1, 0.15) is 5.82 Å². The van der Waals surface area contributed by atoms with Crippen molar-refractivity contribution in [1.82, 2.24) is 10.6 Å². The van der Waals surface area contributed by atoms with Crippen LogP contribution in [0, 0.1) is 12.7 Å². The predicted molar refractivity (Wildman–Crippen MR) is 107 cm³/mol. The molecule has 0 fully saturated rings. The minimum atomic E-state index is -4.02. The molecule has 9 heteroatoms. The van der Waals surface area contributed by atoms with Crippen LogP contribution in [0.3, 0.4) is 0 Å². The van der Waals surface area contributed by atoms with E-state index in [1.807, 2.05) is 6.92 Å². The Balaban J connectivity index is 0.00000364. The summed E-state index contributed by atoms with van der Waals surface area (Å²) < 4.78 is 41.0. The van der Waals surface area contributed by atoms with E-state index in [9.17, 15) is 17.6 Å². The van der Waals surface area contributed by atoms with Gasteiger partial charge in [-0.25, -0.2) is 12.8 Å². The summed E-state index contributed by atoms with van der Waals surface area (Å²) in [5, 5.41) is 5.82. The van der Waals surface area contributed by atoms with Gasteiger partial charge >= 0.3 is 0 Å². The summed E-state index contributed by atoms with van der Waals surface area (Å²) in [5.74, 6) is -1.03. The molecule has 0 aliphatic rings. The van der Waals surface area contributed by atoms with Gasteiger partial charge in [-0.15, -0.1) is 12.4 Å². The second kappa shape index (κ2) is 10.2. The van der Waals surface area contributed by atoms with Gasteiger partial charge in [0.2, 0.25) is 0 Å². The first-order valence-electron chi connectivity index (χ1n) is 8.22. The molecule has 27 heavy (non-hydrogen) atoms. The van der Waals surface area contributed by atoms with Crippen LogP contribution < -0.4 is 15.4 Å². The van der Waals surface area contributed by atoms with E-state index < -0.39 is 15.8 Å². The zero-order valence-electron chi connectivity index (χ0n) is 15.1. The summed E-state index contributed by atoms with van der Waals surface area (Å²) in [6, 6.07) is 9.71. The maximum absolute atomic E-state index is 13.7.